The van der Waals surface area contributed by atoms with E-state index < -0.39 is 33.7 Å². The van der Waals surface area contributed by atoms with Gasteiger partial charge in [-0.3, -0.25) is 25.8 Å². The number of carbonyl (C=O) groups excluding carboxylic acids is 1. The maximum atomic E-state index is 12.9. The maximum absolute atomic E-state index is 12.9. The quantitative estimate of drug-likeness (QED) is 0.408. The molecule has 0 aliphatic carbocycles. The molecule has 0 unspecified atom stereocenters. The van der Waals surface area contributed by atoms with Crippen LogP contribution >= 0.6 is 12.2 Å². The van der Waals surface area contributed by atoms with Gasteiger partial charge in [0.1, 0.15) is 5.56 Å². The summed E-state index contributed by atoms with van der Waals surface area (Å²) in [5.74, 6) is -3.89. The number of rotatable bonds is 2. The van der Waals surface area contributed by atoms with Gasteiger partial charge in [-0.05, 0) is 18.3 Å². The topological polar surface area (TPSA) is 110 Å². The predicted octanol–water partition coefficient (Wildman–Crippen LogP) is 0.351. The zero-order valence-electron chi connectivity index (χ0n) is 8.57. The van der Waals surface area contributed by atoms with Gasteiger partial charge in [-0.25, -0.2) is 8.78 Å². The molecule has 0 bridgehead atoms. The SMILES string of the molecule is NC(=S)NNC(=O)c1cc(F)c(F)cc1[N+](=O)[O-]. The Labute approximate surface area is 104 Å². The maximum Gasteiger partial charge on any atom is 0.285 e. The number of nitro benzene ring substituents is 1. The van der Waals surface area contributed by atoms with E-state index in [4.69, 9.17) is 5.73 Å². The fourth-order valence-corrected chi connectivity index (χ4v) is 1.11. The highest BCUT2D eigenvalue weighted by Gasteiger charge is 2.23. The summed E-state index contributed by atoms with van der Waals surface area (Å²) in [5, 5.41) is 10.3. The van der Waals surface area contributed by atoms with Crippen LogP contribution < -0.4 is 16.6 Å². The molecule has 0 fully saturated rings. The molecule has 1 aromatic carbocycles. The first kappa shape index (κ1) is 13.7. The number of nitro groups is 1. The number of amides is 1. The Morgan fingerprint density at radius 2 is 1.89 bits per heavy atom. The monoisotopic (exact) mass is 276 g/mol. The van der Waals surface area contributed by atoms with Crippen LogP contribution in [0.1, 0.15) is 10.4 Å². The second-order valence-corrected chi connectivity index (χ2v) is 3.42. The summed E-state index contributed by atoms with van der Waals surface area (Å²) in [7, 11) is 0. The van der Waals surface area contributed by atoms with Gasteiger partial charge in [0.2, 0.25) is 0 Å². The number of hydrogen-bond donors (Lipinski definition) is 3. The molecule has 0 aliphatic rings. The number of thiocarbonyl (C=S) groups is 1. The van der Waals surface area contributed by atoms with Crippen molar-refractivity contribution in [2.75, 3.05) is 0 Å². The standard InChI is InChI=1S/C8H6F2N4O3S/c9-4-1-3(7(15)12-13-8(11)18)6(14(16)17)2-5(4)10/h1-2H,(H,12,15)(H3,11,13,18). The lowest BCUT2D eigenvalue weighted by Crippen LogP contribution is -2.44. The Hall–Kier alpha value is -2.36. The van der Waals surface area contributed by atoms with Crippen molar-refractivity contribution < 1.29 is 18.5 Å². The van der Waals surface area contributed by atoms with Crippen LogP contribution in [0.2, 0.25) is 0 Å². The molecule has 0 spiro atoms. The zero-order chi connectivity index (χ0) is 13.9. The van der Waals surface area contributed by atoms with Crippen molar-refractivity contribution in [1.29, 1.82) is 0 Å². The van der Waals surface area contributed by atoms with Gasteiger partial charge >= 0.3 is 0 Å². The summed E-state index contributed by atoms with van der Waals surface area (Å²) in [4.78, 5) is 21.0. The van der Waals surface area contributed by atoms with E-state index in [1.54, 1.807) is 0 Å². The molecule has 0 saturated carbocycles. The van der Waals surface area contributed by atoms with E-state index in [1.165, 1.54) is 0 Å². The van der Waals surface area contributed by atoms with Crippen molar-refractivity contribution in [2.45, 2.75) is 0 Å². The van der Waals surface area contributed by atoms with Crippen molar-refractivity contribution in [2.24, 2.45) is 5.73 Å². The van der Waals surface area contributed by atoms with Crippen molar-refractivity contribution in [3.05, 3.63) is 39.4 Å². The van der Waals surface area contributed by atoms with Crippen LogP contribution in [-0.4, -0.2) is 15.9 Å². The van der Waals surface area contributed by atoms with E-state index in [1.807, 2.05) is 10.9 Å². The lowest BCUT2D eigenvalue weighted by molar-refractivity contribution is -0.385. The van der Waals surface area contributed by atoms with Crippen LogP contribution in [0.25, 0.3) is 0 Å². The molecule has 0 saturated heterocycles. The second-order valence-electron chi connectivity index (χ2n) is 2.98. The molecule has 0 aliphatic heterocycles. The first-order valence-electron chi connectivity index (χ1n) is 4.32. The number of benzene rings is 1. The second kappa shape index (κ2) is 5.31. The van der Waals surface area contributed by atoms with Gasteiger partial charge < -0.3 is 5.73 Å². The van der Waals surface area contributed by atoms with E-state index in [0.717, 1.165) is 0 Å². The average molecular weight is 276 g/mol. The van der Waals surface area contributed by atoms with Gasteiger partial charge in [0.15, 0.2) is 16.7 Å². The molecule has 1 amide bonds. The van der Waals surface area contributed by atoms with Gasteiger partial charge in [-0.1, -0.05) is 0 Å². The molecular weight excluding hydrogens is 270 g/mol. The summed E-state index contributed by atoms with van der Waals surface area (Å²) >= 11 is 4.38. The van der Waals surface area contributed by atoms with E-state index in [9.17, 15) is 23.7 Å². The van der Waals surface area contributed by atoms with E-state index in [0.29, 0.717) is 12.1 Å². The van der Waals surface area contributed by atoms with E-state index in [-0.39, 0.29) is 5.11 Å². The van der Waals surface area contributed by atoms with Crippen LogP contribution in [-0.2, 0) is 0 Å². The molecule has 18 heavy (non-hydrogen) atoms. The van der Waals surface area contributed by atoms with Crippen LogP contribution in [0.5, 0.6) is 0 Å². The summed E-state index contributed by atoms with van der Waals surface area (Å²) in [6, 6.07) is 0.717. The molecule has 1 aromatic rings. The average Bonchev–Trinajstić information content (AvgIpc) is 2.28. The molecule has 10 heteroatoms. The van der Waals surface area contributed by atoms with Gasteiger partial charge in [-0.15, -0.1) is 0 Å². The smallest absolute Gasteiger partial charge is 0.285 e. The van der Waals surface area contributed by atoms with Gasteiger partial charge in [0, 0.05) is 0 Å². The number of hydrogen-bond acceptors (Lipinski definition) is 4. The zero-order valence-corrected chi connectivity index (χ0v) is 9.38. The summed E-state index contributed by atoms with van der Waals surface area (Å²) < 4.78 is 25.8. The third-order valence-corrected chi connectivity index (χ3v) is 1.88. The van der Waals surface area contributed by atoms with Crippen LogP contribution in [0.15, 0.2) is 12.1 Å². The fourth-order valence-electron chi connectivity index (χ4n) is 1.05. The lowest BCUT2D eigenvalue weighted by atomic mass is 10.1. The van der Waals surface area contributed by atoms with Crippen molar-refractivity contribution in [1.82, 2.24) is 10.9 Å². The van der Waals surface area contributed by atoms with Gasteiger partial charge in [-0.2, -0.15) is 0 Å². The number of carbonyl (C=O) groups is 1. The number of halogens is 2. The molecule has 0 heterocycles. The van der Waals surface area contributed by atoms with Crippen molar-refractivity contribution in [3.63, 3.8) is 0 Å². The molecule has 0 aromatic heterocycles. The Kier molecular flexibility index (Phi) is 4.05. The molecular formula is C8H6F2N4O3S. The first-order chi connectivity index (χ1) is 8.32. The predicted molar refractivity (Wildman–Crippen MR) is 60.4 cm³/mol. The van der Waals surface area contributed by atoms with Crippen LogP contribution in [0, 0.1) is 21.7 Å². The highest BCUT2D eigenvalue weighted by atomic mass is 32.1. The number of nitrogens with two attached hydrogens (primary N) is 1. The third-order valence-electron chi connectivity index (χ3n) is 1.78. The molecule has 4 N–H and O–H groups in total. The fraction of sp³-hybridized carbons (Fsp3) is 0. The Morgan fingerprint density at radius 1 is 1.33 bits per heavy atom. The van der Waals surface area contributed by atoms with Gasteiger partial charge in [0.05, 0.1) is 11.0 Å². The Balaban J connectivity index is 3.13. The Bertz CT molecular complexity index is 537. The minimum Gasteiger partial charge on any atom is -0.375 e. The first-order valence-corrected chi connectivity index (χ1v) is 4.73. The number of hydrazine groups is 1. The third kappa shape index (κ3) is 3.07. The Morgan fingerprint density at radius 3 is 2.39 bits per heavy atom. The highest BCUT2D eigenvalue weighted by molar-refractivity contribution is 7.80. The van der Waals surface area contributed by atoms with Crippen LogP contribution in [0.3, 0.4) is 0 Å². The normalized spacial score (nSPS) is 9.67. The summed E-state index contributed by atoms with van der Waals surface area (Å²) in [6.07, 6.45) is 0. The van der Waals surface area contributed by atoms with E-state index in [2.05, 4.69) is 12.2 Å². The highest BCUT2D eigenvalue weighted by Crippen LogP contribution is 2.21. The molecule has 0 radical (unpaired) electrons. The van der Waals surface area contributed by atoms with Crippen molar-refractivity contribution in [3.8, 4) is 0 Å². The van der Waals surface area contributed by atoms with Crippen molar-refractivity contribution >= 4 is 28.9 Å². The molecule has 7 nitrogen and oxygen atoms in total. The van der Waals surface area contributed by atoms with Crippen LogP contribution in [0.4, 0.5) is 14.5 Å². The summed E-state index contributed by atoms with van der Waals surface area (Å²) in [5.41, 5.74) is 7.37. The number of nitrogens with zero attached hydrogens (tertiary/aromatic N) is 1. The molecule has 96 valence electrons. The minimum absolute atomic E-state index is 0.298. The largest absolute Gasteiger partial charge is 0.375 e. The molecule has 1 rings (SSSR count). The minimum atomic E-state index is -1.43. The lowest BCUT2D eigenvalue weighted by Gasteiger charge is -2.07. The van der Waals surface area contributed by atoms with Gasteiger partial charge in [0.25, 0.3) is 11.6 Å². The number of nitrogens with one attached hydrogen (secondary N) is 2. The van der Waals surface area contributed by atoms with E-state index >= 15 is 0 Å². The molecule has 0 atom stereocenters. The summed E-state index contributed by atoms with van der Waals surface area (Å²) in [6.45, 7) is 0.